The fourth-order valence-corrected chi connectivity index (χ4v) is 6.51. The van der Waals surface area contributed by atoms with Gasteiger partial charge in [0.25, 0.3) is 0 Å². The predicted octanol–water partition coefficient (Wildman–Crippen LogP) is 6.78. The van der Waals surface area contributed by atoms with Crippen molar-refractivity contribution in [1.29, 1.82) is 0 Å². The average Bonchev–Trinajstić information content (AvgIpc) is 2.88. The number of piperidine rings is 1. The van der Waals surface area contributed by atoms with E-state index >= 15 is 0 Å². The van der Waals surface area contributed by atoms with E-state index in [1.807, 2.05) is 49.4 Å². The van der Waals surface area contributed by atoms with Crippen LogP contribution in [0.15, 0.2) is 77.2 Å². The minimum atomic E-state index is -1.14. The van der Waals surface area contributed by atoms with E-state index in [4.69, 9.17) is 0 Å². The second-order valence-electron chi connectivity index (χ2n) is 10.4. The van der Waals surface area contributed by atoms with Gasteiger partial charge < -0.3 is 10.4 Å². The first kappa shape index (κ1) is 25.9. The summed E-state index contributed by atoms with van der Waals surface area (Å²) in [6, 6.07) is 21.1. The molecule has 1 saturated heterocycles. The highest BCUT2D eigenvalue weighted by molar-refractivity contribution is 7.98. The van der Waals surface area contributed by atoms with Crippen molar-refractivity contribution in [2.75, 3.05) is 12.8 Å². The molecule has 1 fully saturated rings. The number of thioether (sulfide) groups is 1. The molecule has 1 aliphatic heterocycles. The normalized spacial score (nSPS) is 24.4. The molecule has 0 spiro atoms. The molecule has 3 unspecified atom stereocenters. The van der Waals surface area contributed by atoms with Gasteiger partial charge in [0.1, 0.15) is 5.82 Å². The lowest BCUT2D eigenvalue weighted by Crippen LogP contribution is -2.49. The van der Waals surface area contributed by atoms with Gasteiger partial charge in [-0.05, 0) is 104 Å². The lowest BCUT2D eigenvalue weighted by molar-refractivity contribution is -0.117. The summed E-state index contributed by atoms with van der Waals surface area (Å²) in [5, 5.41) is 16.0. The summed E-state index contributed by atoms with van der Waals surface area (Å²) in [4.78, 5) is 14.9. The van der Waals surface area contributed by atoms with Crippen molar-refractivity contribution in [1.82, 2.24) is 5.32 Å². The van der Waals surface area contributed by atoms with Crippen molar-refractivity contribution in [3.05, 3.63) is 106 Å². The summed E-state index contributed by atoms with van der Waals surface area (Å²) in [6.07, 6.45) is 7.19. The maximum Gasteiger partial charge on any atom is 0.159 e. The summed E-state index contributed by atoms with van der Waals surface area (Å²) in [7, 11) is 0. The topological polar surface area (TPSA) is 49.3 Å². The Morgan fingerprint density at radius 3 is 2.65 bits per heavy atom. The molecule has 3 atom stereocenters. The Balaban J connectivity index is 1.63. The van der Waals surface area contributed by atoms with Crippen LogP contribution in [-0.2, 0) is 11.2 Å². The Kier molecular flexibility index (Phi) is 7.66. The molecule has 3 aromatic carbocycles. The first-order valence-corrected chi connectivity index (χ1v) is 14.3. The smallest absolute Gasteiger partial charge is 0.159 e. The van der Waals surface area contributed by atoms with Crippen molar-refractivity contribution in [3.63, 3.8) is 0 Å². The minimum absolute atomic E-state index is 0.107. The molecule has 3 aromatic rings. The largest absolute Gasteiger partial charge is 0.389 e. The summed E-state index contributed by atoms with van der Waals surface area (Å²) >= 11 is 1.69. The van der Waals surface area contributed by atoms with Crippen LogP contribution in [0.1, 0.15) is 65.5 Å². The molecule has 2 aliphatic rings. The third-order valence-corrected chi connectivity index (χ3v) is 8.66. The number of benzene rings is 3. The Labute approximate surface area is 223 Å². The van der Waals surface area contributed by atoms with Crippen molar-refractivity contribution in [2.45, 2.75) is 61.5 Å². The van der Waals surface area contributed by atoms with Gasteiger partial charge >= 0.3 is 0 Å². The van der Waals surface area contributed by atoms with E-state index in [0.29, 0.717) is 31.4 Å². The van der Waals surface area contributed by atoms with Crippen LogP contribution in [0.4, 0.5) is 4.39 Å². The SMILES string of the molecule is CSc1ccc2c(c1)/C=C(/C(c1ccccc1)C1(O)CCNC(c3ccc(F)cc3C)C1)C(=O)CCC2. The van der Waals surface area contributed by atoms with Crippen LogP contribution in [0.5, 0.6) is 0 Å². The van der Waals surface area contributed by atoms with Crippen molar-refractivity contribution in [3.8, 4) is 0 Å². The monoisotopic (exact) mass is 515 g/mol. The van der Waals surface area contributed by atoms with Gasteiger partial charge in [0.2, 0.25) is 0 Å². The zero-order chi connectivity index (χ0) is 26.0. The Morgan fingerprint density at radius 1 is 1.08 bits per heavy atom. The standard InChI is InChI=1S/C32H34FNO2S/c1-21-17-25(33)12-14-27(21)29-20-32(36,15-16-34-29)31(23-7-4-3-5-8-23)28-19-24-18-26(37-2)13-11-22(24)9-6-10-30(28)35/h3-5,7-8,11-14,17-19,29,31,34,36H,6,9-10,15-16,20H2,1-2H3/b28-19+. The molecule has 3 nitrogen and oxygen atoms in total. The molecule has 0 amide bonds. The van der Waals surface area contributed by atoms with Crippen molar-refractivity contribution in [2.24, 2.45) is 0 Å². The molecule has 5 heteroatoms. The van der Waals surface area contributed by atoms with Crippen LogP contribution < -0.4 is 5.32 Å². The van der Waals surface area contributed by atoms with E-state index < -0.39 is 11.5 Å². The molecule has 0 aromatic heterocycles. The Bertz CT molecular complexity index is 1320. The summed E-state index contributed by atoms with van der Waals surface area (Å²) in [6.45, 7) is 2.51. The third-order valence-electron chi connectivity index (χ3n) is 7.93. The molecule has 2 N–H and O–H groups in total. The highest BCUT2D eigenvalue weighted by Crippen LogP contribution is 2.46. The number of aliphatic hydroxyl groups is 1. The van der Waals surface area contributed by atoms with Crippen LogP contribution in [0, 0.1) is 12.7 Å². The summed E-state index contributed by atoms with van der Waals surface area (Å²) < 4.78 is 13.8. The highest BCUT2D eigenvalue weighted by atomic mass is 32.2. The molecule has 37 heavy (non-hydrogen) atoms. The van der Waals surface area contributed by atoms with E-state index in [1.54, 1.807) is 17.8 Å². The summed E-state index contributed by atoms with van der Waals surface area (Å²) in [5.74, 6) is -0.617. The van der Waals surface area contributed by atoms with Gasteiger partial charge in [0, 0.05) is 28.8 Å². The van der Waals surface area contributed by atoms with Crippen molar-refractivity contribution < 1.29 is 14.3 Å². The van der Waals surface area contributed by atoms with E-state index in [9.17, 15) is 14.3 Å². The Morgan fingerprint density at radius 2 is 1.89 bits per heavy atom. The molecule has 0 bridgehead atoms. The lowest BCUT2D eigenvalue weighted by atomic mass is 9.68. The predicted molar refractivity (Wildman–Crippen MR) is 149 cm³/mol. The number of hydrogen-bond acceptors (Lipinski definition) is 4. The number of hydrogen-bond donors (Lipinski definition) is 2. The molecular weight excluding hydrogens is 481 g/mol. The number of carbonyl (C=O) groups is 1. The van der Waals surface area contributed by atoms with Gasteiger partial charge in [-0.15, -0.1) is 11.8 Å². The molecule has 0 radical (unpaired) electrons. The molecule has 192 valence electrons. The van der Waals surface area contributed by atoms with Gasteiger partial charge in [0.15, 0.2) is 5.78 Å². The number of carbonyl (C=O) groups excluding carboxylic acids is 1. The molecule has 1 aliphatic carbocycles. The first-order valence-electron chi connectivity index (χ1n) is 13.1. The third kappa shape index (κ3) is 5.45. The number of Topliss-reactive ketones (excluding diaryl/α,β-unsaturated/α-hetero) is 1. The first-order chi connectivity index (χ1) is 17.9. The van der Waals surface area contributed by atoms with E-state index in [0.717, 1.165) is 40.0 Å². The average molecular weight is 516 g/mol. The lowest BCUT2D eigenvalue weighted by Gasteiger charge is -2.44. The molecule has 1 heterocycles. The fraction of sp³-hybridized carbons (Fsp3) is 0.344. The number of ketones is 1. The van der Waals surface area contributed by atoms with E-state index in [-0.39, 0.29) is 17.6 Å². The van der Waals surface area contributed by atoms with Crippen LogP contribution in [0.2, 0.25) is 0 Å². The fourth-order valence-electron chi connectivity index (χ4n) is 6.07. The van der Waals surface area contributed by atoms with Crippen LogP contribution in [-0.4, -0.2) is 29.3 Å². The summed E-state index contributed by atoms with van der Waals surface area (Å²) in [5.41, 5.74) is 4.65. The number of nitrogens with one attached hydrogen (secondary N) is 1. The maximum atomic E-state index is 13.8. The number of aryl methyl sites for hydroxylation is 2. The number of rotatable bonds is 5. The van der Waals surface area contributed by atoms with Crippen LogP contribution in [0.3, 0.4) is 0 Å². The van der Waals surface area contributed by atoms with Crippen LogP contribution in [0.25, 0.3) is 6.08 Å². The van der Waals surface area contributed by atoms with Gasteiger partial charge in [0.05, 0.1) is 5.60 Å². The van der Waals surface area contributed by atoms with Crippen molar-refractivity contribution >= 4 is 23.6 Å². The minimum Gasteiger partial charge on any atom is -0.389 e. The molecule has 0 saturated carbocycles. The van der Waals surface area contributed by atoms with E-state index in [2.05, 4.69) is 29.8 Å². The van der Waals surface area contributed by atoms with Crippen LogP contribution >= 0.6 is 11.8 Å². The van der Waals surface area contributed by atoms with Gasteiger partial charge in [-0.25, -0.2) is 4.39 Å². The zero-order valence-electron chi connectivity index (χ0n) is 21.5. The quantitative estimate of drug-likeness (QED) is 0.368. The van der Waals surface area contributed by atoms with Gasteiger partial charge in [-0.1, -0.05) is 42.5 Å². The maximum absolute atomic E-state index is 13.8. The van der Waals surface area contributed by atoms with Gasteiger partial charge in [-0.3, -0.25) is 4.79 Å². The second kappa shape index (κ2) is 10.9. The highest BCUT2D eigenvalue weighted by Gasteiger charge is 2.45. The molecule has 5 rings (SSSR count). The molecular formula is C32H34FNO2S. The van der Waals surface area contributed by atoms with Gasteiger partial charge in [-0.2, -0.15) is 0 Å². The Hall–Kier alpha value is -2.73. The second-order valence-corrected chi connectivity index (χ2v) is 11.2. The number of fused-ring (bicyclic) bond motifs is 1. The van der Waals surface area contributed by atoms with E-state index in [1.165, 1.54) is 11.6 Å². The zero-order valence-corrected chi connectivity index (χ0v) is 22.3. The number of halogens is 1.